The van der Waals surface area contributed by atoms with Gasteiger partial charge in [0.05, 0.1) is 12.7 Å². The van der Waals surface area contributed by atoms with Crippen LogP contribution < -0.4 is 5.32 Å². The number of rotatable bonds is 4. The lowest BCUT2D eigenvalue weighted by Gasteiger charge is -2.34. The minimum Gasteiger partial charge on any atom is -0.396 e. The lowest BCUT2D eigenvalue weighted by molar-refractivity contribution is -0.0566. The van der Waals surface area contributed by atoms with Crippen molar-refractivity contribution in [2.24, 2.45) is 0 Å². The van der Waals surface area contributed by atoms with Crippen LogP contribution in [-0.4, -0.2) is 60.4 Å². The second kappa shape index (κ2) is 6.77. The largest absolute Gasteiger partial charge is 0.396 e. The summed E-state index contributed by atoms with van der Waals surface area (Å²) in [6, 6.07) is 8.22. The van der Waals surface area contributed by atoms with Crippen molar-refractivity contribution in [2.75, 3.05) is 26.3 Å². The van der Waals surface area contributed by atoms with Gasteiger partial charge < -0.3 is 15.2 Å². The molecule has 2 heterocycles. The quantitative estimate of drug-likeness (QED) is 0.869. The first-order chi connectivity index (χ1) is 10.7. The molecule has 5 heteroatoms. The Morgan fingerprint density at radius 3 is 2.86 bits per heavy atom. The van der Waals surface area contributed by atoms with Crippen LogP contribution in [0.2, 0.25) is 0 Å². The number of nitrogens with one attached hydrogen (secondary N) is 1. The van der Waals surface area contributed by atoms with Gasteiger partial charge in [0.25, 0.3) is 5.91 Å². The van der Waals surface area contributed by atoms with Crippen molar-refractivity contribution >= 4 is 5.91 Å². The van der Waals surface area contributed by atoms with Crippen LogP contribution in [0.4, 0.5) is 0 Å². The molecule has 2 N–H and O–H groups in total. The maximum Gasteiger partial charge on any atom is 0.251 e. The fourth-order valence-electron chi connectivity index (χ4n) is 3.34. The summed E-state index contributed by atoms with van der Waals surface area (Å²) in [4.78, 5) is 14.7. The summed E-state index contributed by atoms with van der Waals surface area (Å²) in [5, 5.41) is 12.2. The highest BCUT2D eigenvalue weighted by molar-refractivity contribution is 5.94. The van der Waals surface area contributed by atoms with Crippen molar-refractivity contribution in [1.82, 2.24) is 10.2 Å². The first kappa shape index (κ1) is 15.5. The van der Waals surface area contributed by atoms with Gasteiger partial charge in [0, 0.05) is 37.3 Å². The molecule has 22 heavy (non-hydrogen) atoms. The predicted molar refractivity (Wildman–Crippen MR) is 83.9 cm³/mol. The number of hydrogen-bond acceptors (Lipinski definition) is 4. The molecule has 2 fully saturated rings. The Labute approximate surface area is 131 Å². The van der Waals surface area contributed by atoms with Crippen molar-refractivity contribution < 1.29 is 14.6 Å². The summed E-state index contributed by atoms with van der Waals surface area (Å²) in [5.74, 6) is -0.00215. The highest BCUT2D eigenvalue weighted by atomic mass is 16.5. The molecular weight excluding hydrogens is 280 g/mol. The molecule has 2 saturated heterocycles. The summed E-state index contributed by atoms with van der Waals surface area (Å²) in [6.45, 7) is 4.59. The smallest absolute Gasteiger partial charge is 0.251 e. The number of amides is 1. The molecule has 3 atom stereocenters. The van der Waals surface area contributed by atoms with Crippen molar-refractivity contribution in [1.29, 1.82) is 0 Å². The Kier molecular flexibility index (Phi) is 4.76. The number of hydrogen-bond donors (Lipinski definition) is 2. The fraction of sp³-hybridized carbons (Fsp3) is 0.588. The zero-order valence-corrected chi connectivity index (χ0v) is 13.0. The number of carbonyl (C=O) groups excluding carboxylic acids is 1. The van der Waals surface area contributed by atoms with Crippen molar-refractivity contribution in [3.05, 3.63) is 35.4 Å². The van der Waals surface area contributed by atoms with E-state index in [0.29, 0.717) is 24.6 Å². The maximum absolute atomic E-state index is 12.3. The average molecular weight is 304 g/mol. The molecule has 1 amide bonds. The van der Waals surface area contributed by atoms with Crippen molar-refractivity contribution in [2.45, 2.75) is 38.0 Å². The summed E-state index contributed by atoms with van der Waals surface area (Å²) in [6.07, 6.45) is 1.74. The Bertz CT molecular complexity index is 517. The number of carbonyl (C=O) groups is 1. The highest BCUT2D eigenvalue weighted by Crippen LogP contribution is 2.24. The van der Waals surface area contributed by atoms with Gasteiger partial charge in [0.1, 0.15) is 0 Å². The molecule has 0 bridgehead atoms. The first-order valence-electron chi connectivity index (χ1n) is 7.99. The van der Waals surface area contributed by atoms with Gasteiger partial charge in [0.15, 0.2) is 0 Å². The zero-order valence-electron chi connectivity index (χ0n) is 13.0. The van der Waals surface area contributed by atoms with Gasteiger partial charge in [0.2, 0.25) is 0 Å². The van der Waals surface area contributed by atoms with Crippen LogP contribution >= 0.6 is 0 Å². The molecule has 120 valence electrons. The van der Waals surface area contributed by atoms with E-state index in [4.69, 9.17) is 9.84 Å². The van der Waals surface area contributed by atoms with E-state index in [1.165, 1.54) is 0 Å². The topological polar surface area (TPSA) is 61.8 Å². The van der Waals surface area contributed by atoms with E-state index in [2.05, 4.69) is 10.2 Å². The third-order valence-electron chi connectivity index (χ3n) is 4.59. The van der Waals surface area contributed by atoms with E-state index in [-0.39, 0.29) is 24.7 Å². The van der Waals surface area contributed by atoms with Crippen LogP contribution in [-0.2, 0) is 4.74 Å². The number of ether oxygens (including phenoxy) is 1. The van der Waals surface area contributed by atoms with Crippen molar-refractivity contribution in [3.8, 4) is 0 Å². The van der Waals surface area contributed by atoms with Gasteiger partial charge in [-0.15, -0.1) is 0 Å². The number of aliphatic hydroxyl groups excluding tert-OH is 1. The van der Waals surface area contributed by atoms with E-state index in [0.717, 1.165) is 25.1 Å². The fourth-order valence-corrected chi connectivity index (χ4v) is 3.34. The third-order valence-corrected chi connectivity index (χ3v) is 4.59. The first-order valence-corrected chi connectivity index (χ1v) is 7.99. The Morgan fingerprint density at radius 2 is 2.14 bits per heavy atom. The predicted octanol–water partition coefficient (Wildman–Crippen LogP) is 0.949. The number of aryl methyl sites for hydroxylation is 1. The lowest BCUT2D eigenvalue weighted by Crippen LogP contribution is -2.46. The molecule has 0 spiro atoms. The molecule has 0 saturated carbocycles. The molecule has 1 aromatic carbocycles. The molecular formula is C17H24N2O3. The second-order valence-electron chi connectivity index (χ2n) is 6.35. The van der Waals surface area contributed by atoms with Crippen LogP contribution in [0.1, 0.15) is 28.8 Å². The summed E-state index contributed by atoms with van der Waals surface area (Å²) in [7, 11) is 0. The van der Waals surface area contributed by atoms with E-state index in [1.807, 2.05) is 31.2 Å². The Morgan fingerprint density at radius 1 is 1.36 bits per heavy atom. The van der Waals surface area contributed by atoms with E-state index >= 15 is 0 Å². The molecule has 0 unspecified atom stereocenters. The molecule has 0 aliphatic carbocycles. The van der Waals surface area contributed by atoms with Crippen LogP contribution in [0.25, 0.3) is 0 Å². The van der Waals surface area contributed by atoms with Crippen LogP contribution in [0.5, 0.6) is 0 Å². The van der Waals surface area contributed by atoms with E-state index < -0.39 is 0 Å². The van der Waals surface area contributed by atoms with E-state index in [9.17, 15) is 4.79 Å². The zero-order chi connectivity index (χ0) is 15.5. The Balaban J connectivity index is 1.54. The minimum absolute atomic E-state index is 0.00215. The molecule has 3 rings (SSSR count). The summed E-state index contributed by atoms with van der Waals surface area (Å²) in [5.41, 5.74) is 1.87. The molecule has 2 aliphatic rings. The van der Waals surface area contributed by atoms with Gasteiger partial charge >= 0.3 is 0 Å². The minimum atomic E-state index is -0.00215. The normalized spacial score (nSPS) is 28.4. The van der Waals surface area contributed by atoms with Crippen molar-refractivity contribution in [3.63, 3.8) is 0 Å². The Hall–Kier alpha value is -1.43. The monoisotopic (exact) mass is 304 g/mol. The third kappa shape index (κ3) is 3.48. The maximum atomic E-state index is 12.3. The lowest BCUT2D eigenvalue weighted by atomic mass is 10.1. The molecule has 1 aromatic rings. The standard InChI is InChI=1S/C17H24N2O3/c1-12-2-4-13(5-3-12)17(21)18-14-8-15-11-22-16(6-7-20)10-19(15)9-14/h2-5,14-16,20H,6-11H2,1H3,(H,18,21)/t14-,15-,16-/m0/s1. The molecule has 0 radical (unpaired) electrons. The van der Waals surface area contributed by atoms with E-state index in [1.54, 1.807) is 0 Å². The van der Waals surface area contributed by atoms with Crippen LogP contribution in [0.3, 0.4) is 0 Å². The highest BCUT2D eigenvalue weighted by Gasteiger charge is 2.37. The number of fused-ring (bicyclic) bond motifs is 1. The molecule has 0 aromatic heterocycles. The molecule has 5 nitrogen and oxygen atoms in total. The van der Waals surface area contributed by atoms with Crippen LogP contribution in [0, 0.1) is 6.92 Å². The second-order valence-corrected chi connectivity index (χ2v) is 6.35. The van der Waals surface area contributed by atoms with Gasteiger partial charge in [-0.3, -0.25) is 9.69 Å². The van der Waals surface area contributed by atoms with Crippen LogP contribution in [0.15, 0.2) is 24.3 Å². The average Bonchev–Trinajstić information content (AvgIpc) is 2.89. The number of aliphatic hydroxyl groups is 1. The van der Waals surface area contributed by atoms with Gasteiger partial charge in [-0.25, -0.2) is 0 Å². The van der Waals surface area contributed by atoms with Gasteiger partial charge in [-0.2, -0.15) is 0 Å². The summed E-state index contributed by atoms with van der Waals surface area (Å²) >= 11 is 0. The number of nitrogens with zero attached hydrogens (tertiary/aromatic N) is 1. The number of benzene rings is 1. The summed E-state index contributed by atoms with van der Waals surface area (Å²) < 4.78 is 5.77. The number of morpholine rings is 1. The molecule has 2 aliphatic heterocycles. The van der Waals surface area contributed by atoms with Gasteiger partial charge in [-0.1, -0.05) is 17.7 Å². The van der Waals surface area contributed by atoms with Gasteiger partial charge in [-0.05, 0) is 31.9 Å². The SMILES string of the molecule is Cc1ccc(C(=O)N[C@H]2C[C@H]3CO[C@@H](CCO)CN3C2)cc1.